The van der Waals surface area contributed by atoms with Gasteiger partial charge in [-0.3, -0.25) is 0 Å². The van der Waals surface area contributed by atoms with Gasteiger partial charge in [0.25, 0.3) is 0 Å². The molecule has 0 saturated heterocycles. The highest BCUT2D eigenvalue weighted by Gasteiger charge is 2.24. The zero-order chi connectivity index (χ0) is 11.8. The van der Waals surface area contributed by atoms with Gasteiger partial charge in [-0.05, 0) is 37.0 Å². The minimum Gasteiger partial charge on any atom is -0.396 e. The number of nitrogen functional groups attached to an aromatic ring is 1. The molecular formula is C10H13FN2O2S. The third-order valence-corrected chi connectivity index (χ3v) is 3.96. The maximum absolute atomic E-state index is 12.9. The summed E-state index contributed by atoms with van der Waals surface area (Å²) in [6.07, 6.45) is 2.13. The zero-order valence-electron chi connectivity index (χ0n) is 8.61. The minimum absolute atomic E-state index is 0.00653. The fraction of sp³-hybridized carbons (Fsp3) is 0.400. The summed E-state index contributed by atoms with van der Waals surface area (Å²) in [5.41, 5.74) is 5.16. The molecule has 0 bridgehead atoms. The highest BCUT2D eigenvalue weighted by atomic mass is 32.2. The van der Waals surface area contributed by atoms with Gasteiger partial charge in [-0.2, -0.15) is 0 Å². The van der Waals surface area contributed by atoms with E-state index in [4.69, 9.17) is 5.73 Å². The van der Waals surface area contributed by atoms with Crippen molar-refractivity contribution in [1.29, 1.82) is 0 Å². The number of halogens is 1. The Morgan fingerprint density at radius 2 is 2.12 bits per heavy atom. The second kappa shape index (κ2) is 4.03. The fourth-order valence-corrected chi connectivity index (χ4v) is 2.47. The largest absolute Gasteiger partial charge is 0.396 e. The number of sulfonamides is 1. The number of rotatable bonds is 4. The predicted octanol–water partition coefficient (Wildman–Crippen LogP) is 1.10. The summed E-state index contributed by atoms with van der Waals surface area (Å²) in [5, 5.41) is 0. The Labute approximate surface area is 93.7 Å². The molecule has 1 fully saturated rings. The van der Waals surface area contributed by atoms with Crippen LogP contribution in [0.2, 0.25) is 0 Å². The number of hydrogen-bond acceptors (Lipinski definition) is 3. The van der Waals surface area contributed by atoms with Gasteiger partial charge in [-0.1, -0.05) is 0 Å². The number of nitrogens with two attached hydrogens (primary N) is 1. The Balaban J connectivity index is 2.17. The summed E-state index contributed by atoms with van der Waals surface area (Å²) in [4.78, 5) is 0.00653. The second-order valence-electron chi connectivity index (χ2n) is 3.98. The quantitative estimate of drug-likeness (QED) is 0.779. The molecule has 0 spiro atoms. The van der Waals surface area contributed by atoms with Crippen LogP contribution >= 0.6 is 0 Å². The van der Waals surface area contributed by atoms with Crippen LogP contribution in [-0.2, 0) is 10.0 Å². The third-order valence-electron chi connectivity index (χ3n) is 2.54. The first-order chi connectivity index (χ1) is 7.49. The molecule has 0 unspecified atom stereocenters. The minimum atomic E-state index is -3.55. The van der Waals surface area contributed by atoms with Gasteiger partial charge < -0.3 is 5.73 Å². The molecule has 0 radical (unpaired) electrons. The Morgan fingerprint density at radius 1 is 1.44 bits per heavy atom. The van der Waals surface area contributed by atoms with Crippen molar-refractivity contribution in [3.05, 3.63) is 24.0 Å². The van der Waals surface area contributed by atoms with Crippen LogP contribution < -0.4 is 10.5 Å². The first-order valence-corrected chi connectivity index (χ1v) is 6.52. The number of anilines is 1. The Kier molecular flexibility index (Phi) is 2.86. The average Bonchev–Trinajstić information content (AvgIpc) is 3.03. The molecule has 1 saturated carbocycles. The van der Waals surface area contributed by atoms with Gasteiger partial charge in [-0.15, -0.1) is 0 Å². The van der Waals surface area contributed by atoms with Gasteiger partial charge in [0, 0.05) is 6.54 Å². The van der Waals surface area contributed by atoms with E-state index in [1.807, 2.05) is 0 Å². The van der Waals surface area contributed by atoms with Crippen molar-refractivity contribution < 1.29 is 12.8 Å². The molecule has 1 aliphatic rings. The van der Waals surface area contributed by atoms with E-state index in [1.165, 1.54) is 6.07 Å². The monoisotopic (exact) mass is 244 g/mol. The van der Waals surface area contributed by atoms with Crippen molar-refractivity contribution in [3.8, 4) is 0 Å². The summed E-state index contributed by atoms with van der Waals surface area (Å²) in [5.74, 6) is -0.159. The maximum Gasteiger partial charge on any atom is 0.240 e. The lowest BCUT2D eigenvalue weighted by Crippen LogP contribution is -2.25. The molecule has 16 heavy (non-hydrogen) atoms. The van der Waals surface area contributed by atoms with Crippen molar-refractivity contribution in [3.63, 3.8) is 0 Å². The van der Waals surface area contributed by atoms with Crippen LogP contribution in [0.4, 0.5) is 10.1 Å². The molecule has 0 aromatic heterocycles. The van der Waals surface area contributed by atoms with E-state index in [1.54, 1.807) is 0 Å². The normalized spacial score (nSPS) is 16.3. The summed E-state index contributed by atoms with van der Waals surface area (Å²) >= 11 is 0. The van der Waals surface area contributed by atoms with E-state index in [-0.39, 0.29) is 10.6 Å². The molecule has 1 aromatic rings. The van der Waals surface area contributed by atoms with Crippen molar-refractivity contribution in [2.24, 2.45) is 5.92 Å². The van der Waals surface area contributed by atoms with Crippen LogP contribution in [0.3, 0.4) is 0 Å². The van der Waals surface area contributed by atoms with E-state index in [0.717, 1.165) is 25.0 Å². The van der Waals surface area contributed by atoms with Crippen molar-refractivity contribution >= 4 is 15.7 Å². The number of hydrogen-bond donors (Lipinski definition) is 2. The predicted molar refractivity (Wildman–Crippen MR) is 58.7 cm³/mol. The summed E-state index contributed by atoms with van der Waals surface area (Å²) in [6.45, 7) is 0.444. The molecule has 1 aromatic carbocycles. The lowest BCUT2D eigenvalue weighted by Gasteiger charge is -2.06. The molecule has 2 rings (SSSR count). The topological polar surface area (TPSA) is 72.2 Å². The molecule has 0 amide bonds. The van der Waals surface area contributed by atoms with E-state index >= 15 is 0 Å². The van der Waals surface area contributed by atoms with Crippen LogP contribution in [0, 0.1) is 11.7 Å². The SMILES string of the molecule is Nc1cc(S(=O)(=O)NCC2CC2)ccc1F. The fourth-order valence-electron chi connectivity index (χ4n) is 1.32. The molecule has 0 heterocycles. The molecular weight excluding hydrogens is 231 g/mol. The summed E-state index contributed by atoms with van der Waals surface area (Å²) in [7, 11) is -3.55. The molecule has 4 nitrogen and oxygen atoms in total. The Hall–Kier alpha value is -1.14. The van der Waals surface area contributed by atoms with Crippen LogP contribution in [0.5, 0.6) is 0 Å². The first kappa shape index (κ1) is 11.3. The van der Waals surface area contributed by atoms with Gasteiger partial charge in [0.05, 0.1) is 10.6 Å². The molecule has 88 valence electrons. The van der Waals surface area contributed by atoms with Crippen LogP contribution in [0.25, 0.3) is 0 Å². The Bertz CT molecular complexity index is 498. The van der Waals surface area contributed by atoms with E-state index in [0.29, 0.717) is 12.5 Å². The van der Waals surface area contributed by atoms with Gasteiger partial charge >= 0.3 is 0 Å². The van der Waals surface area contributed by atoms with Crippen molar-refractivity contribution in [2.75, 3.05) is 12.3 Å². The lowest BCUT2D eigenvalue weighted by molar-refractivity contribution is 0.577. The summed E-state index contributed by atoms with van der Waals surface area (Å²) < 4.78 is 38.8. The van der Waals surface area contributed by atoms with Crippen LogP contribution in [0.15, 0.2) is 23.1 Å². The number of nitrogens with one attached hydrogen (secondary N) is 1. The molecule has 1 aliphatic carbocycles. The van der Waals surface area contributed by atoms with Crippen LogP contribution in [0.1, 0.15) is 12.8 Å². The standard InChI is InChI=1S/C10H13FN2O2S/c11-9-4-3-8(5-10(9)12)16(14,15)13-6-7-1-2-7/h3-5,7,13H,1-2,6,12H2. The Morgan fingerprint density at radius 3 is 2.69 bits per heavy atom. The zero-order valence-corrected chi connectivity index (χ0v) is 9.43. The van der Waals surface area contributed by atoms with E-state index in [2.05, 4.69) is 4.72 Å². The van der Waals surface area contributed by atoms with Crippen LogP contribution in [-0.4, -0.2) is 15.0 Å². The van der Waals surface area contributed by atoms with E-state index < -0.39 is 15.8 Å². The van der Waals surface area contributed by atoms with E-state index in [9.17, 15) is 12.8 Å². The van der Waals surface area contributed by atoms with Gasteiger partial charge in [0.1, 0.15) is 5.82 Å². The van der Waals surface area contributed by atoms with Gasteiger partial charge in [0.2, 0.25) is 10.0 Å². The van der Waals surface area contributed by atoms with Gasteiger partial charge in [-0.25, -0.2) is 17.5 Å². The second-order valence-corrected chi connectivity index (χ2v) is 5.75. The highest BCUT2D eigenvalue weighted by Crippen LogP contribution is 2.28. The molecule has 6 heteroatoms. The third kappa shape index (κ3) is 2.51. The number of benzene rings is 1. The van der Waals surface area contributed by atoms with Crippen molar-refractivity contribution in [2.45, 2.75) is 17.7 Å². The molecule has 0 atom stereocenters. The van der Waals surface area contributed by atoms with Gasteiger partial charge in [0.15, 0.2) is 0 Å². The lowest BCUT2D eigenvalue weighted by atomic mass is 10.3. The smallest absolute Gasteiger partial charge is 0.240 e. The average molecular weight is 244 g/mol. The molecule has 3 N–H and O–H groups in total. The van der Waals surface area contributed by atoms with Crippen molar-refractivity contribution in [1.82, 2.24) is 4.72 Å². The summed E-state index contributed by atoms with van der Waals surface area (Å²) in [6, 6.07) is 3.40. The maximum atomic E-state index is 12.9. The highest BCUT2D eigenvalue weighted by molar-refractivity contribution is 7.89. The first-order valence-electron chi connectivity index (χ1n) is 5.04. The molecule has 0 aliphatic heterocycles.